The number of carbonyl (C=O) groups is 2. The van der Waals surface area contributed by atoms with Crippen molar-refractivity contribution in [3.8, 4) is 5.75 Å². The number of hydrogen-bond donors (Lipinski definition) is 1. The van der Waals surface area contributed by atoms with E-state index in [1.807, 2.05) is 24.0 Å². The number of carbonyl (C=O) groups excluding carboxylic acids is 2. The van der Waals surface area contributed by atoms with Gasteiger partial charge in [-0.1, -0.05) is 55.6 Å². The summed E-state index contributed by atoms with van der Waals surface area (Å²) in [6, 6.07) is 14.7. The Kier molecular flexibility index (Phi) is 9.34. The number of anilines is 1. The molecule has 6 nitrogen and oxygen atoms in total. The Morgan fingerprint density at radius 2 is 2.03 bits per heavy atom. The highest BCUT2D eigenvalue weighted by Gasteiger charge is 2.34. The normalized spacial score (nSPS) is 15.5. The van der Waals surface area contributed by atoms with Crippen LogP contribution in [0, 0.1) is 19.8 Å². The van der Waals surface area contributed by atoms with Crippen LogP contribution in [-0.2, 0) is 11.2 Å². The van der Waals surface area contributed by atoms with Gasteiger partial charge in [-0.2, -0.15) is 0 Å². The van der Waals surface area contributed by atoms with Gasteiger partial charge in [0.25, 0.3) is 0 Å². The molecule has 0 fully saturated rings. The number of halogens is 1. The van der Waals surface area contributed by atoms with Gasteiger partial charge in [0.15, 0.2) is 0 Å². The summed E-state index contributed by atoms with van der Waals surface area (Å²) in [6.45, 7) is 9.70. The van der Waals surface area contributed by atoms with Gasteiger partial charge in [-0.15, -0.1) is 11.3 Å². The van der Waals surface area contributed by atoms with Crippen LogP contribution < -0.4 is 10.1 Å². The number of rotatable bonds is 9. The largest absolute Gasteiger partial charge is 0.491 e. The molecule has 0 spiro atoms. The first-order chi connectivity index (χ1) is 18.2. The molecule has 3 amide bonds. The maximum absolute atomic E-state index is 13.8. The van der Waals surface area contributed by atoms with Crippen molar-refractivity contribution in [3.63, 3.8) is 0 Å². The van der Waals surface area contributed by atoms with E-state index in [1.54, 1.807) is 40.5 Å². The van der Waals surface area contributed by atoms with Gasteiger partial charge >= 0.3 is 6.03 Å². The van der Waals surface area contributed by atoms with Gasteiger partial charge in [-0.3, -0.25) is 4.79 Å². The van der Waals surface area contributed by atoms with Crippen LogP contribution in [-0.4, -0.2) is 48.0 Å². The first-order valence-electron chi connectivity index (χ1n) is 13.1. The van der Waals surface area contributed by atoms with Crippen molar-refractivity contribution in [1.82, 2.24) is 9.80 Å². The van der Waals surface area contributed by atoms with E-state index in [0.29, 0.717) is 30.4 Å². The minimum atomic E-state index is -0.308. The molecule has 2 heterocycles. The Balaban J connectivity index is 1.52. The van der Waals surface area contributed by atoms with Crippen molar-refractivity contribution in [2.75, 3.05) is 31.6 Å². The number of ether oxygens (including phenoxy) is 1. The molecule has 2 atom stereocenters. The van der Waals surface area contributed by atoms with Crippen molar-refractivity contribution in [3.05, 3.63) is 80.5 Å². The number of hydrogen-bond acceptors (Lipinski definition) is 4. The van der Waals surface area contributed by atoms with E-state index >= 15 is 0 Å². The van der Waals surface area contributed by atoms with Gasteiger partial charge in [0.2, 0.25) is 5.91 Å². The summed E-state index contributed by atoms with van der Waals surface area (Å²) in [4.78, 5) is 31.9. The molecular formula is C30H36ClN3O3S. The zero-order valence-electron chi connectivity index (χ0n) is 22.5. The highest BCUT2D eigenvalue weighted by Crippen LogP contribution is 2.34. The Labute approximate surface area is 234 Å². The molecule has 1 aromatic heterocycles. The summed E-state index contributed by atoms with van der Waals surface area (Å²) < 4.78 is 6.27. The van der Waals surface area contributed by atoms with Crippen LogP contribution in [0.3, 0.4) is 0 Å². The van der Waals surface area contributed by atoms with E-state index in [4.69, 9.17) is 16.3 Å². The molecule has 1 aliphatic heterocycles. The van der Waals surface area contributed by atoms with Crippen LogP contribution in [0.15, 0.2) is 53.9 Å². The molecule has 0 unspecified atom stereocenters. The number of urea groups is 1. The maximum Gasteiger partial charge on any atom is 0.322 e. The zero-order valence-corrected chi connectivity index (χ0v) is 24.1. The molecular weight excluding hydrogens is 518 g/mol. The van der Waals surface area contributed by atoms with Crippen LogP contribution >= 0.6 is 22.9 Å². The third-order valence-electron chi connectivity index (χ3n) is 7.06. The van der Waals surface area contributed by atoms with E-state index < -0.39 is 0 Å². The number of thiophene rings is 1. The number of amides is 3. The minimum Gasteiger partial charge on any atom is -0.491 e. The molecule has 4 rings (SSSR count). The van der Waals surface area contributed by atoms with E-state index in [0.717, 1.165) is 29.7 Å². The molecule has 0 radical (unpaired) electrons. The molecule has 0 saturated heterocycles. The summed E-state index contributed by atoms with van der Waals surface area (Å²) in [5.74, 6) is 0.992. The van der Waals surface area contributed by atoms with Gasteiger partial charge in [0, 0.05) is 28.7 Å². The number of benzene rings is 2. The highest BCUT2D eigenvalue weighted by molar-refractivity contribution is 7.10. The van der Waals surface area contributed by atoms with Crippen LogP contribution in [0.4, 0.5) is 10.5 Å². The fraction of sp³-hybridized carbons (Fsp3) is 0.400. The molecule has 1 aliphatic rings. The number of nitrogens with zero attached hydrogens (tertiary/aromatic N) is 2. The second-order valence-corrected chi connectivity index (χ2v) is 11.5. The minimum absolute atomic E-state index is 0.00370. The molecule has 38 heavy (non-hydrogen) atoms. The number of aryl methyl sites for hydroxylation is 2. The average Bonchev–Trinajstić information content (AvgIpc) is 3.36. The van der Waals surface area contributed by atoms with Crippen molar-refractivity contribution in [2.45, 2.75) is 46.6 Å². The lowest BCUT2D eigenvalue weighted by atomic mass is 10.00. The van der Waals surface area contributed by atoms with Crippen molar-refractivity contribution < 1.29 is 14.3 Å². The van der Waals surface area contributed by atoms with Crippen molar-refractivity contribution >= 4 is 40.6 Å². The van der Waals surface area contributed by atoms with Gasteiger partial charge in [0.05, 0.1) is 6.04 Å². The predicted octanol–water partition coefficient (Wildman–Crippen LogP) is 7.10. The van der Waals surface area contributed by atoms with E-state index in [1.165, 1.54) is 10.4 Å². The summed E-state index contributed by atoms with van der Waals surface area (Å²) in [5, 5.41) is 5.53. The molecule has 0 bridgehead atoms. The fourth-order valence-electron chi connectivity index (χ4n) is 4.75. The van der Waals surface area contributed by atoms with Gasteiger partial charge in [0.1, 0.15) is 18.9 Å². The van der Waals surface area contributed by atoms with Crippen LogP contribution in [0.5, 0.6) is 5.75 Å². The Morgan fingerprint density at radius 3 is 2.76 bits per heavy atom. The monoisotopic (exact) mass is 553 g/mol. The van der Waals surface area contributed by atoms with Gasteiger partial charge < -0.3 is 19.9 Å². The molecule has 1 N–H and O–H groups in total. The lowest BCUT2D eigenvalue weighted by Gasteiger charge is -2.37. The zero-order chi connectivity index (χ0) is 27.2. The second kappa shape index (κ2) is 12.7. The predicted molar refractivity (Wildman–Crippen MR) is 155 cm³/mol. The van der Waals surface area contributed by atoms with Crippen LogP contribution in [0.25, 0.3) is 0 Å². The first kappa shape index (κ1) is 28.0. The highest BCUT2D eigenvalue weighted by atomic mass is 35.5. The molecule has 2 aromatic carbocycles. The molecule has 3 aromatic rings. The van der Waals surface area contributed by atoms with E-state index in [-0.39, 0.29) is 30.4 Å². The standard InChI is InChI=1S/C30H36ClN3O3S/c1-5-20(2)17-33(30(36)32-24-8-6-7-23(31)16-24)18-29(35)34-13-11-28-25(12-14-38-28)26(34)19-37-27-10-9-21(3)15-22(27)4/h6-10,12,14-16,20,26H,5,11,13,17-19H2,1-4H3,(H,32,36)/t20-,26+/m1/s1. The smallest absolute Gasteiger partial charge is 0.322 e. The number of fused-ring (bicyclic) bond motifs is 1. The Hall–Kier alpha value is -3.03. The quantitative estimate of drug-likeness (QED) is 0.307. The molecule has 0 aliphatic carbocycles. The fourth-order valence-corrected chi connectivity index (χ4v) is 5.87. The van der Waals surface area contributed by atoms with E-state index in [9.17, 15) is 9.59 Å². The topological polar surface area (TPSA) is 61.9 Å². The first-order valence-corrected chi connectivity index (χ1v) is 14.4. The summed E-state index contributed by atoms with van der Waals surface area (Å²) >= 11 is 7.83. The Morgan fingerprint density at radius 1 is 1.21 bits per heavy atom. The third-order valence-corrected chi connectivity index (χ3v) is 8.29. The number of nitrogens with one attached hydrogen (secondary N) is 1. The van der Waals surface area contributed by atoms with Crippen LogP contribution in [0.1, 0.15) is 47.9 Å². The molecule has 202 valence electrons. The second-order valence-electron chi connectivity index (χ2n) is 10.1. The summed E-state index contributed by atoms with van der Waals surface area (Å²) in [7, 11) is 0. The average molecular weight is 554 g/mol. The summed E-state index contributed by atoms with van der Waals surface area (Å²) in [6.07, 6.45) is 1.71. The van der Waals surface area contributed by atoms with Gasteiger partial charge in [-0.25, -0.2) is 4.79 Å². The summed E-state index contributed by atoms with van der Waals surface area (Å²) in [5.41, 5.74) is 3.99. The SMILES string of the molecule is CC[C@@H](C)CN(CC(=O)N1CCc2sccc2[C@@H]1COc1ccc(C)cc1C)C(=O)Nc1cccc(Cl)c1. The van der Waals surface area contributed by atoms with E-state index in [2.05, 4.69) is 43.6 Å². The molecule has 0 saturated carbocycles. The lowest BCUT2D eigenvalue weighted by molar-refractivity contribution is -0.135. The lowest BCUT2D eigenvalue weighted by Crippen LogP contribution is -2.49. The third kappa shape index (κ3) is 6.88. The maximum atomic E-state index is 13.8. The van der Waals surface area contributed by atoms with Crippen LogP contribution in [0.2, 0.25) is 5.02 Å². The Bertz CT molecular complexity index is 1280. The van der Waals surface area contributed by atoms with Gasteiger partial charge in [-0.05, 0) is 73.0 Å². The van der Waals surface area contributed by atoms with Crippen molar-refractivity contribution in [2.24, 2.45) is 5.92 Å². The van der Waals surface area contributed by atoms with Crippen molar-refractivity contribution in [1.29, 1.82) is 0 Å². The molecule has 8 heteroatoms.